The number of aromatic nitrogens is 1. The van der Waals surface area contributed by atoms with Gasteiger partial charge in [-0.3, -0.25) is 24.6 Å². The molecule has 9 heteroatoms. The zero-order valence-electron chi connectivity index (χ0n) is 10.5. The van der Waals surface area contributed by atoms with Gasteiger partial charge in [0.1, 0.15) is 0 Å². The number of nitrogens with zero attached hydrogens (tertiary/aromatic N) is 3. The summed E-state index contributed by atoms with van der Waals surface area (Å²) in [7, 11) is 1.34. The molecule has 1 unspecified atom stereocenters. The second-order valence-electron chi connectivity index (χ2n) is 4.20. The highest BCUT2D eigenvalue weighted by Gasteiger charge is 2.38. The summed E-state index contributed by atoms with van der Waals surface area (Å²) in [5.41, 5.74) is -0.370. The van der Waals surface area contributed by atoms with Crippen LogP contribution in [0, 0.1) is 16.0 Å². The molecule has 1 atom stereocenters. The highest BCUT2D eigenvalue weighted by molar-refractivity contribution is 6.00. The van der Waals surface area contributed by atoms with Gasteiger partial charge in [-0.1, -0.05) is 0 Å². The SMILES string of the molecule is COc1ccc([N+](=O)[O-])c(N2CC(C(=O)O)CC2=O)n1. The number of carbonyl (C=O) groups excluding carboxylic acids is 1. The summed E-state index contributed by atoms with van der Waals surface area (Å²) < 4.78 is 4.87. The molecule has 2 heterocycles. The van der Waals surface area contributed by atoms with Crippen molar-refractivity contribution in [2.45, 2.75) is 6.42 Å². The summed E-state index contributed by atoms with van der Waals surface area (Å²) in [6.45, 7) is -0.144. The van der Waals surface area contributed by atoms with E-state index in [0.717, 1.165) is 4.90 Å². The van der Waals surface area contributed by atoms with Crippen LogP contribution in [0.1, 0.15) is 6.42 Å². The van der Waals surface area contributed by atoms with Gasteiger partial charge in [-0.25, -0.2) is 0 Å². The summed E-state index contributed by atoms with van der Waals surface area (Å²) in [6.07, 6.45) is -0.203. The number of methoxy groups -OCH3 is 1. The van der Waals surface area contributed by atoms with Crippen LogP contribution in [0.25, 0.3) is 0 Å². The van der Waals surface area contributed by atoms with E-state index in [9.17, 15) is 19.7 Å². The topological polar surface area (TPSA) is 123 Å². The number of pyridine rings is 1. The summed E-state index contributed by atoms with van der Waals surface area (Å²) in [5.74, 6) is -2.61. The fraction of sp³-hybridized carbons (Fsp3) is 0.364. The van der Waals surface area contributed by atoms with Crippen molar-refractivity contribution in [3.05, 3.63) is 22.2 Å². The van der Waals surface area contributed by atoms with E-state index >= 15 is 0 Å². The molecule has 20 heavy (non-hydrogen) atoms. The molecule has 0 saturated carbocycles. The fourth-order valence-electron chi connectivity index (χ4n) is 1.96. The second-order valence-corrected chi connectivity index (χ2v) is 4.20. The Morgan fingerprint density at radius 1 is 1.60 bits per heavy atom. The molecular formula is C11H11N3O6. The fourth-order valence-corrected chi connectivity index (χ4v) is 1.96. The maximum Gasteiger partial charge on any atom is 0.312 e. The third kappa shape index (κ3) is 2.37. The quantitative estimate of drug-likeness (QED) is 0.627. The van der Waals surface area contributed by atoms with Crippen LogP contribution < -0.4 is 9.64 Å². The number of ether oxygens (including phenoxy) is 1. The van der Waals surface area contributed by atoms with E-state index in [0.29, 0.717) is 0 Å². The standard InChI is InChI=1S/C11H11N3O6/c1-20-8-3-2-7(14(18)19)10(12-8)13-5-6(11(16)17)4-9(13)15/h2-3,6H,4-5H2,1H3,(H,16,17). The van der Waals surface area contributed by atoms with Crippen LogP contribution in [-0.2, 0) is 9.59 Å². The molecule has 1 N–H and O–H groups in total. The van der Waals surface area contributed by atoms with Gasteiger partial charge in [0.05, 0.1) is 18.0 Å². The molecule has 1 fully saturated rings. The van der Waals surface area contributed by atoms with Gasteiger partial charge in [-0.05, 0) is 0 Å². The van der Waals surface area contributed by atoms with Crippen LogP contribution >= 0.6 is 0 Å². The van der Waals surface area contributed by atoms with Crippen LogP contribution in [0.2, 0.25) is 0 Å². The molecule has 9 nitrogen and oxygen atoms in total. The van der Waals surface area contributed by atoms with Gasteiger partial charge in [0.2, 0.25) is 17.6 Å². The Labute approximate surface area is 112 Å². The molecule has 0 spiro atoms. The van der Waals surface area contributed by atoms with E-state index in [1.165, 1.54) is 19.2 Å². The summed E-state index contributed by atoms with van der Waals surface area (Å²) >= 11 is 0. The zero-order valence-corrected chi connectivity index (χ0v) is 10.5. The van der Waals surface area contributed by atoms with E-state index in [4.69, 9.17) is 9.84 Å². The van der Waals surface area contributed by atoms with Crippen molar-refractivity contribution in [1.82, 2.24) is 4.98 Å². The van der Waals surface area contributed by atoms with Crippen molar-refractivity contribution in [2.75, 3.05) is 18.6 Å². The Kier molecular flexibility index (Phi) is 3.51. The number of hydrogen-bond acceptors (Lipinski definition) is 6. The number of carboxylic acids is 1. The highest BCUT2D eigenvalue weighted by Crippen LogP contribution is 2.32. The van der Waals surface area contributed by atoms with E-state index < -0.39 is 22.7 Å². The highest BCUT2D eigenvalue weighted by atomic mass is 16.6. The Morgan fingerprint density at radius 3 is 2.80 bits per heavy atom. The normalized spacial score (nSPS) is 18.1. The number of aliphatic carboxylic acids is 1. The van der Waals surface area contributed by atoms with Gasteiger partial charge >= 0.3 is 11.7 Å². The van der Waals surface area contributed by atoms with Crippen LogP contribution in [0.3, 0.4) is 0 Å². The molecule has 1 saturated heterocycles. The summed E-state index contributed by atoms with van der Waals surface area (Å²) in [5, 5.41) is 19.9. The maximum atomic E-state index is 11.8. The third-order valence-electron chi connectivity index (χ3n) is 2.96. The van der Waals surface area contributed by atoms with Gasteiger partial charge in [0.15, 0.2) is 0 Å². The van der Waals surface area contributed by atoms with Gasteiger partial charge in [-0.15, -0.1) is 0 Å². The number of hydrogen-bond donors (Lipinski definition) is 1. The van der Waals surface area contributed by atoms with Crippen molar-refractivity contribution < 1.29 is 24.4 Å². The van der Waals surface area contributed by atoms with Crippen molar-refractivity contribution in [2.24, 2.45) is 5.92 Å². The van der Waals surface area contributed by atoms with Gasteiger partial charge in [0, 0.05) is 25.1 Å². The lowest BCUT2D eigenvalue weighted by molar-refractivity contribution is -0.384. The summed E-state index contributed by atoms with van der Waals surface area (Å²) in [6, 6.07) is 2.47. The van der Waals surface area contributed by atoms with Crippen LogP contribution in [0.15, 0.2) is 12.1 Å². The van der Waals surface area contributed by atoms with Crippen molar-refractivity contribution in [3.8, 4) is 5.88 Å². The first-order valence-corrected chi connectivity index (χ1v) is 5.66. The van der Waals surface area contributed by atoms with E-state index in [1.54, 1.807) is 0 Å². The number of nitro groups is 1. The Balaban J connectivity index is 2.43. The lowest BCUT2D eigenvalue weighted by atomic mass is 10.1. The van der Waals surface area contributed by atoms with E-state index in [-0.39, 0.29) is 30.4 Å². The molecule has 0 aliphatic carbocycles. The molecular weight excluding hydrogens is 270 g/mol. The van der Waals surface area contributed by atoms with Crippen molar-refractivity contribution in [3.63, 3.8) is 0 Å². The first kappa shape index (κ1) is 13.7. The molecule has 2 rings (SSSR count). The predicted octanol–water partition coefficient (Wildman–Crippen LogP) is 0.436. The average Bonchev–Trinajstić information content (AvgIpc) is 2.80. The van der Waals surface area contributed by atoms with Crippen LogP contribution in [0.5, 0.6) is 5.88 Å². The number of carbonyl (C=O) groups is 2. The first-order chi connectivity index (χ1) is 9.43. The number of anilines is 1. The number of amides is 1. The molecule has 0 radical (unpaired) electrons. The first-order valence-electron chi connectivity index (χ1n) is 5.66. The van der Waals surface area contributed by atoms with Gasteiger partial charge in [-0.2, -0.15) is 4.98 Å². The zero-order chi connectivity index (χ0) is 14.9. The Bertz CT molecular complexity index is 588. The monoisotopic (exact) mass is 281 g/mol. The van der Waals surface area contributed by atoms with Gasteiger partial charge in [0.25, 0.3) is 0 Å². The molecule has 1 aromatic heterocycles. The number of rotatable bonds is 4. The lowest BCUT2D eigenvalue weighted by Gasteiger charge is -2.15. The Morgan fingerprint density at radius 2 is 2.30 bits per heavy atom. The number of carboxylic acid groups (broad SMARTS) is 1. The van der Waals surface area contributed by atoms with Crippen LogP contribution in [-0.4, -0.2) is 40.5 Å². The Hall–Kier alpha value is -2.71. The van der Waals surface area contributed by atoms with Crippen molar-refractivity contribution in [1.29, 1.82) is 0 Å². The van der Waals surface area contributed by atoms with E-state index in [2.05, 4.69) is 4.98 Å². The molecule has 106 valence electrons. The summed E-state index contributed by atoms with van der Waals surface area (Å²) in [4.78, 5) is 37.9. The minimum absolute atomic E-state index is 0.108. The third-order valence-corrected chi connectivity index (χ3v) is 2.96. The predicted molar refractivity (Wildman–Crippen MR) is 65.5 cm³/mol. The smallest absolute Gasteiger partial charge is 0.312 e. The lowest BCUT2D eigenvalue weighted by Crippen LogP contribution is -2.27. The molecule has 0 aromatic carbocycles. The van der Waals surface area contributed by atoms with Crippen molar-refractivity contribution >= 4 is 23.4 Å². The average molecular weight is 281 g/mol. The molecule has 1 aromatic rings. The van der Waals surface area contributed by atoms with E-state index in [1.807, 2.05) is 0 Å². The minimum Gasteiger partial charge on any atom is -0.481 e. The molecule has 0 bridgehead atoms. The largest absolute Gasteiger partial charge is 0.481 e. The molecule has 1 amide bonds. The van der Waals surface area contributed by atoms with Gasteiger partial charge < -0.3 is 9.84 Å². The second kappa shape index (κ2) is 5.11. The minimum atomic E-state index is -1.12. The van der Waals surface area contributed by atoms with Crippen LogP contribution in [0.4, 0.5) is 11.5 Å². The maximum absolute atomic E-state index is 11.8. The molecule has 1 aliphatic heterocycles. The molecule has 1 aliphatic rings.